The van der Waals surface area contributed by atoms with Gasteiger partial charge in [0.15, 0.2) is 25.5 Å². The van der Waals surface area contributed by atoms with E-state index in [9.17, 15) is 0 Å². The second-order valence-electron chi connectivity index (χ2n) is 10.5. The molecule has 1 saturated carbocycles. The fourth-order valence-electron chi connectivity index (χ4n) is 6.68. The number of nitrogens with zero attached hydrogens (tertiary/aromatic N) is 2. The van der Waals surface area contributed by atoms with E-state index >= 15 is 0 Å². The lowest BCUT2D eigenvalue weighted by molar-refractivity contribution is -0.668. The first-order chi connectivity index (χ1) is 17.8. The number of hydrogen-bond donors (Lipinski definition) is 0. The molecule has 2 heteroatoms. The third kappa shape index (κ3) is 3.73. The van der Waals surface area contributed by atoms with E-state index in [4.69, 9.17) is 0 Å². The van der Waals surface area contributed by atoms with E-state index in [0.717, 1.165) is 13.1 Å². The van der Waals surface area contributed by atoms with Gasteiger partial charge in [0.05, 0.1) is 0 Å². The lowest BCUT2D eigenvalue weighted by atomic mass is 9.88. The molecule has 0 amide bonds. The molecule has 2 aliphatic heterocycles. The lowest BCUT2D eigenvalue weighted by Crippen LogP contribution is -2.46. The second kappa shape index (κ2) is 9.02. The summed E-state index contributed by atoms with van der Waals surface area (Å²) in [7, 11) is 0. The minimum atomic E-state index is 0.478. The standard InChI is InChI=1S/C34H32N2/c1-5-15-29-25(11-1)21-35(22-26-12-2-6-16-30(26)29)33-19-9-10-20-34(33)36-23-27-13-3-7-17-31(27)32-18-8-4-14-28(32)24-36/h1-8,11-18,21,23,33-34H,9-10,19-20,22,24H2/q+2/t33-,34?/m0/s1. The summed E-state index contributed by atoms with van der Waals surface area (Å²) in [5, 5.41) is 0. The number of fused-ring (bicyclic) bond motifs is 6. The molecule has 0 saturated heterocycles. The van der Waals surface area contributed by atoms with Crippen LogP contribution in [0.15, 0.2) is 97.1 Å². The first kappa shape index (κ1) is 21.5. The van der Waals surface area contributed by atoms with Gasteiger partial charge in [-0.25, -0.2) is 9.15 Å². The van der Waals surface area contributed by atoms with Crippen molar-refractivity contribution < 1.29 is 9.15 Å². The van der Waals surface area contributed by atoms with Gasteiger partial charge in [-0.1, -0.05) is 84.9 Å². The Bertz CT molecular complexity index is 1390. The van der Waals surface area contributed by atoms with Crippen LogP contribution in [-0.4, -0.2) is 33.7 Å². The Balaban J connectivity index is 1.34. The van der Waals surface area contributed by atoms with E-state index in [1.807, 2.05) is 0 Å². The Morgan fingerprint density at radius 3 is 1.31 bits per heavy atom. The Kier molecular flexibility index (Phi) is 5.39. The molecule has 1 fully saturated rings. The van der Waals surface area contributed by atoms with Crippen molar-refractivity contribution in [3.8, 4) is 22.3 Å². The smallest absolute Gasteiger partial charge is 0.213 e. The minimum Gasteiger partial charge on any atom is -0.222 e. The maximum absolute atomic E-state index is 2.67. The van der Waals surface area contributed by atoms with Gasteiger partial charge in [-0.2, -0.15) is 0 Å². The van der Waals surface area contributed by atoms with Gasteiger partial charge >= 0.3 is 0 Å². The SMILES string of the molecule is C1=[N+](C2CCCC[C@@H]2[N+]2=Cc3ccccc3-c3ccccc3C2)Cc2ccccc2-c2ccccc21. The first-order valence-electron chi connectivity index (χ1n) is 13.4. The molecule has 0 bridgehead atoms. The molecule has 4 aromatic carbocycles. The Morgan fingerprint density at radius 2 is 0.833 bits per heavy atom. The molecule has 36 heavy (non-hydrogen) atoms. The van der Waals surface area contributed by atoms with Crippen molar-refractivity contribution in [3.63, 3.8) is 0 Å². The van der Waals surface area contributed by atoms with E-state index in [1.165, 1.54) is 70.2 Å². The van der Waals surface area contributed by atoms with Crippen molar-refractivity contribution in [2.45, 2.75) is 50.9 Å². The molecule has 0 radical (unpaired) electrons. The van der Waals surface area contributed by atoms with Gasteiger partial charge in [0.25, 0.3) is 0 Å². The van der Waals surface area contributed by atoms with Crippen molar-refractivity contribution >= 4 is 12.4 Å². The fraction of sp³-hybridized carbons (Fsp3) is 0.235. The average Bonchev–Trinajstić information content (AvgIpc) is 3.21. The zero-order chi connectivity index (χ0) is 23.9. The van der Waals surface area contributed by atoms with Crippen LogP contribution in [0.25, 0.3) is 22.3 Å². The van der Waals surface area contributed by atoms with Crippen LogP contribution in [0, 0.1) is 0 Å². The highest BCUT2D eigenvalue weighted by molar-refractivity contribution is 5.90. The van der Waals surface area contributed by atoms with Crippen LogP contribution in [0.2, 0.25) is 0 Å². The quantitative estimate of drug-likeness (QED) is 0.282. The summed E-state index contributed by atoms with van der Waals surface area (Å²) in [6.45, 7) is 1.93. The maximum Gasteiger partial charge on any atom is 0.213 e. The largest absolute Gasteiger partial charge is 0.222 e. The van der Waals surface area contributed by atoms with Gasteiger partial charge in [-0.15, -0.1) is 0 Å². The Morgan fingerprint density at radius 1 is 0.444 bits per heavy atom. The van der Waals surface area contributed by atoms with Crippen molar-refractivity contribution in [1.82, 2.24) is 0 Å². The topological polar surface area (TPSA) is 6.02 Å². The second-order valence-corrected chi connectivity index (χ2v) is 10.5. The van der Waals surface area contributed by atoms with E-state index in [2.05, 4.69) is 119 Å². The monoisotopic (exact) mass is 468 g/mol. The normalized spacial score (nSPS) is 20.4. The number of hydrogen-bond acceptors (Lipinski definition) is 0. The van der Waals surface area contributed by atoms with E-state index in [0.29, 0.717) is 12.1 Å². The van der Waals surface area contributed by atoms with Crippen LogP contribution in [-0.2, 0) is 13.1 Å². The third-order valence-electron chi connectivity index (χ3n) is 8.40. The molecule has 1 unspecified atom stereocenters. The summed E-state index contributed by atoms with van der Waals surface area (Å²) in [4.78, 5) is 0. The van der Waals surface area contributed by atoms with Crippen LogP contribution >= 0.6 is 0 Å². The summed E-state index contributed by atoms with van der Waals surface area (Å²) in [5.41, 5.74) is 11.0. The highest BCUT2D eigenvalue weighted by atomic mass is 15.1. The zero-order valence-corrected chi connectivity index (χ0v) is 20.7. The molecular formula is C34H32N2+2. The molecular weight excluding hydrogens is 436 g/mol. The molecule has 1 aliphatic carbocycles. The van der Waals surface area contributed by atoms with Crippen LogP contribution < -0.4 is 0 Å². The first-order valence-corrected chi connectivity index (χ1v) is 13.4. The number of benzene rings is 4. The Labute approximate surface area is 213 Å². The summed E-state index contributed by atoms with van der Waals surface area (Å²) in [6.07, 6.45) is 9.99. The third-order valence-corrected chi connectivity index (χ3v) is 8.40. The molecule has 0 spiro atoms. The summed E-state index contributed by atoms with van der Waals surface area (Å²) >= 11 is 0. The average molecular weight is 469 g/mol. The van der Waals surface area contributed by atoms with Crippen LogP contribution in [0.1, 0.15) is 47.9 Å². The van der Waals surface area contributed by atoms with Gasteiger partial charge in [0.2, 0.25) is 12.1 Å². The van der Waals surface area contributed by atoms with Gasteiger partial charge in [-0.3, -0.25) is 0 Å². The molecule has 2 heterocycles. The summed E-state index contributed by atoms with van der Waals surface area (Å²) in [5.74, 6) is 0. The van der Waals surface area contributed by atoms with Crippen molar-refractivity contribution in [1.29, 1.82) is 0 Å². The molecule has 3 aliphatic rings. The van der Waals surface area contributed by atoms with Crippen molar-refractivity contribution in [2.24, 2.45) is 0 Å². The van der Waals surface area contributed by atoms with E-state index < -0.39 is 0 Å². The molecule has 7 rings (SSSR count). The molecule has 2 atom stereocenters. The predicted octanol–water partition coefficient (Wildman–Crippen LogP) is 6.92. The fourth-order valence-corrected chi connectivity index (χ4v) is 6.68. The number of rotatable bonds is 2. The molecule has 0 N–H and O–H groups in total. The van der Waals surface area contributed by atoms with Crippen LogP contribution in [0.5, 0.6) is 0 Å². The molecule has 4 aromatic rings. The van der Waals surface area contributed by atoms with Crippen LogP contribution in [0.3, 0.4) is 0 Å². The van der Waals surface area contributed by atoms with Crippen molar-refractivity contribution in [2.75, 3.05) is 0 Å². The van der Waals surface area contributed by atoms with Gasteiger partial charge in [0, 0.05) is 35.1 Å². The zero-order valence-electron chi connectivity index (χ0n) is 20.7. The Hall–Kier alpha value is -3.78. The minimum absolute atomic E-state index is 0.478. The van der Waals surface area contributed by atoms with Crippen LogP contribution in [0.4, 0.5) is 0 Å². The molecule has 0 aromatic heterocycles. The lowest BCUT2D eigenvalue weighted by Gasteiger charge is -2.27. The molecule has 176 valence electrons. The van der Waals surface area contributed by atoms with E-state index in [-0.39, 0.29) is 0 Å². The van der Waals surface area contributed by atoms with Crippen molar-refractivity contribution in [3.05, 3.63) is 119 Å². The van der Waals surface area contributed by atoms with E-state index in [1.54, 1.807) is 0 Å². The van der Waals surface area contributed by atoms with Gasteiger partial charge in [-0.05, 0) is 47.2 Å². The highest BCUT2D eigenvalue weighted by Gasteiger charge is 2.42. The summed E-state index contributed by atoms with van der Waals surface area (Å²) < 4.78 is 5.34. The maximum atomic E-state index is 2.67. The molecule has 2 nitrogen and oxygen atoms in total. The van der Waals surface area contributed by atoms with Gasteiger partial charge in [0.1, 0.15) is 0 Å². The van der Waals surface area contributed by atoms with Gasteiger partial charge < -0.3 is 0 Å². The highest BCUT2D eigenvalue weighted by Crippen LogP contribution is 2.34. The summed E-state index contributed by atoms with van der Waals surface area (Å²) in [6, 6.07) is 36.7. The predicted molar refractivity (Wildman–Crippen MR) is 148 cm³/mol.